The van der Waals surface area contributed by atoms with E-state index in [4.69, 9.17) is 4.52 Å². The van der Waals surface area contributed by atoms with Crippen molar-refractivity contribution in [1.82, 2.24) is 15.1 Å². The van der Waals surface area contributed by atoms with Crippen molar-refractivity contribution in [3.05, 3.63) is 112 Å². The van der Waals surface area contributed by atoms with Crippen LogP contribution < -0.4 is 5.56 Å². The highest BCUT2D eigenvalue weighted by Gasteiger charge is 2.21. The number of aryl methyl sites for hydroxylation is 2. The van der Waals surface area contributed by atoms with E-state index in [1.165, 1.54) is 6.08 Å². The highest BCUT2D eigenvalue weighted by atomic mass is 16.5. The summed E-state index contributed by atoms with van der Waals surface area (Å²) in [5.41, 5.74) is 4.91. The molecule has 6 nitrogen and oxygen atoms in total. The highest BCUT2D eigenvalue weighted by Crippen LogP contribution is 2.34. The molecule has 0 atom stereocenters. The van der Waals surface area contributed by atoms with Crippen molar-refractivity contribution in [2.24, 2.45) is 0 Å². The van der Waals surface area contributed by atoms with Gasteiger partial charge in [-0.25, -0.2) is 0 Å². The Morgan fingerprint density at radius 3 is 2.50 bits per heavy atom. The van der Waals surface area contributed by atoms with Crippen LogP contribution in [0.15, 0.2) is 88.5 Å². The first kappa shape index (κ1) is 21.3. The van der Waals surface area contributed by atoms with Crippen molar-refractivity contribution >= 4 is 22.8 Å². The molecule has 0 fully saturated rings. The van der Waals surface area contributed by atoms with Crippen LogP contribution in [-0.4, -0.2) is 20.9 Å². The van der Waals surface area contributed by atoms with Crippen LogP contribution in [0.25, 0.3) is 39.2 Å². The molecule has 5 rings (SSSR count). The zero-order chi connectivity index (χ0) is 23.7. The lowest BCUT2D eigenvalue weighted by Crippen LogP contribution is -2.18. The second-order valence-electron chi connectivity index (χ2n) is 8.01. The Kier molecular flexibility index (Phi) is 5.47. The van der Waals surface area contributed by atoms with Gasteiger partial charge in [0.25, 0.3) is 5.56 Å². The van der Waals surface area contributed by atoms with E-state index in [2.05, 4.69) is 15.1 Å². The number of hydrogen-bond donors (Lipinski definition) is 1. The Labute approximate surface area is 195 Å². The number of carbonyl (C=O) groups is 1. The molecule has 3 aromatic heterocycles. The van der Waals surface area contributed by atoms with Gasteiger partial charge in [-0.2, -0.15) is 0 Å². The number of aromatic nitrogens is 3. The lowest BCUT2D eigenvalue weighted by Gasteiger charge is -2.12. The van der Waals surface area contributed by atoms with E-state index in [0.717, 1.165) is 27.8 Å². The summed E-state index contributed by atoms with van der Waals surface area (Å²) in [6, 6.07) is 18.8. The molecule has 0 bridgehead atoms. The van der Waals surface area contributed by atoms with Crippen LogP contribution in [0.2, 0.25) is 0 Å². The van der Waals surface area contributed by atoms with Crippen LogP contribution in [-0.2, 0) is 0 Å². The SMILES string of the molecule is Cc1noc(C)c1-c1ccc2[nH]c(=O)c(C(=O)C=Cc3ccccc3)c(-c3cccnc3)c2c1. The third-order valence-corrected chi connectivity index (χ3v) is 5.76. The van der Waals surface area contributed by atoms with E-state index < -0.39 is 5.56 Å². The molecule has 3 heterocycles. The molecular weight excluding hydrogens is 426 g/mol. The molecule has 0 amide bonds. The van der Waals surface area contributed by atoms with Crippen LogP contribution in [0.1, 0.15) is 27.4 Å². The highest BCUT2D eigenvalue weighted by molar-refractivity contribution is 6.15. The number of pyridine rings is 2. The van der Waals surface area contributed by atoms with Crippen molar-refractivity contribution in [1.29, 1.82) is 0 Å². The molecule has 34 heavy (non-hydrogen) atoms. The molecule has 0 aliphatic carbocycles. The third kappa shape index (κ3) is 3.86. The van der Waals surface area contributed by atoms with Crippen LogP contribution >= 0.6 is 0 Å². The predicted octanol–water partition coefficient (Wildman–Crippen LogP) is 5.76. The molecule has 2 aromatic carbocycles. The molecule has 0 saturated carbocycles. The summed E-state index contributed by atoms with van der Waals surface area (Å²) in [6.45, 7) is 3.74. The average molecular weight is 447 g/mol. The number of aromatic amines is 1. The number of rotatable bonds is 5. The van der Waals surface area contributed by atoms with Crippen molar-refractivity contribution in [3.8, 4) is 22.3 Å². The minimum absolute atomic E-state index is 0.0728. The van der Waals surface area contributed by atoms with Crippen molar-refractivity contribution in [2.75, 3.05) is 0 Å². The molecular formula is C28H21N3O3. The Hall–Kier alpha value is -4.58. The summed E-state index contributed by atoms with van der Waals surface area (Å²) in [7, 11) is 0. The van der Waals surface area contributed by atoms with Gasteiger partial charge in [0.15, 0.2) is 5.78 Å². The minimum atomic E-state index is -0.445. The third-order valence-electron chi connectivity index (χ3n) is 5.76. The van der Waals surface area contributed by atoms with Gasteiger partial charge in [0.1, 0.15) is 5.76 Å². The lowest BCUT2D eigenvalue weighted by molar-refractivity contribution is 0.104. The standard InChI is InChI=1S/C28H21N3O3/c1-17-25(18(2)34-31-17)20-11-12-23-22(15-20)26(21-9-6-14-29-16-21)27(28(33)30-23)24(32)13-10-19-7-4-3-5-8-19/h3-16H,1-2H3,(H,30,33). The quantitative estimate of drug-likeness (QED) is 0.273. The van der Waals surface area contributed by atoms with E-state index in [9.17, 15) is 9.59 Å². The van der Waals surface area contributed by atoms with E-state index in [1.54, 1.807) is 24.5 Å². The number of carbonyl (C=O) groups excluding carboxylic acids is 1. The molecule has 0 saturated heterocycles. The predicted molar refractivity (Wildman–Crippen MR) is 133 cm³/mol. The molecule has 166 valence electrons. The van der Waals surface area contributed by atoms with Gasteiger partial charge in [0.2, 0.25) is 0 Å². The molecule has 1 N–H and O–H groups in total. The molecule has 5 aromatic rings. The van der Waals surface area contributed by atoms with Crippen LogP contribution in [0.4, 0.5) is 0 Å². The zero-order valence-corrected chi connectivity index (χ0v) is 18.7. The number of nitrogens with zero attached hydrogens (tertiary/aromatic N) is 2. The molecule has 0 radical (unpaired) electrons. The number of benzene rings is 2. The summed E-state index contributed by atoms with van der Waals surface area (Å²) < 4.78 is 5.35. The minimum Gasteiger partial charge on any atom is -0.361 e. The molecule has 0 aliphatic heterocycles. The van der Waals surface area contributed by atoms with Gasteiger partial charge in [-0.05, 0) is 49.2 Å². The Bertz CT molecular complexity index is 1580. The summed E-state index contributed by atoms with van der Waals surface area (Å²) in [6.07, 6.45) is 6.46. The second kappa shape index (κ2) is 8.75. The van der Waals surface area contributed by atoms with Crippen LogP contribution in [0, 0.1) is 13.8 Å². The molecule has 6 heteroatoms. The summed E-state index contributed by atoms with van der Waals surface area (Å²) in [5, 5.41) is 4.80. The molecule has 0 spiro atoms. The van der Waals surface area contributed by atoms with Crippen molar-refractivity contribution in [3.63, 3.8) is 0 Å². The number of nitrogens with one attached hydrogen (secondary N) is 1. The average Bonchev–Trinajstić information content (AvgIpc) is 3.20. The fraction of sp³-hybridized carbons (Fsp3) is 0.0714. The Morgan fingerprint density at radius 2 is 1.79 bits per heavy atom. The Balaban J connectivity index is 1.76. The van der Waals surface area contributed by atoms with E-state index in [0.29, 0.717) is 22.4 Å². The summed E-state index contributed by atoms with van der Waals surface area (Å²) in [5.74, 6) is 0.319. The lowest BCUT2D eigenvalue weighted by atomic mass is 9.92. The topological polar surface area (TPSA) is 88.9 Å². The van der Waals surface area contributed by atoms with Crippen molar-refractivity contribution in [2.45, 2.75) is 13.8 Å². The van der Waals surface area contributed by atoms with E-state index >= 15 is 0 Å². The van der Waals surface area contributed by atoms with Gasteiger partial charge in [-0.3, -0.25) is 14.6 Å². The summed E-state index contributed by atoms with van der Waals surface area (Å²) in [4.78, 5) is 33.6. The van der Waals surface area contributed by atoms with E-state index in [-0.39, 0.29) is 11.3 Å². The molecule has 0 aliphatic rings. The van der Waals surface area contributed by atoms with Crippen LogP contribution in [0.5, 0.6) is 0 Å². The van der Waals surface area contributed by atoms with Gasteiger partial charge in [-0.1, -0.05) is 53.7 Å². The first-order valence-corrected chi connectivity index (χ1v) is 10.8. The van der Waals surface area contributed by atoms with Crippen molar-refractivity contribution < 1.29 is 9.32 Å². The fourth-order valence-electron chi connectivity index (χ4n) is 4.21. The number of ketones is 1. The molecule has 0 unspecified atom stereocenters. The number of H-pyrrole nitrogens is 1. The fourth-order valence-corrected chi connectivity index (χ4v) is 4.21. The zero-order valence-electron chi connectivity index (χ0n) is 18.7. The smallest absolute Gasteiger partial charge is 0.260 e. The van der Waals surface area contributed by atoms with Gasteiger partial charge < -0.3 is 9.51 Å². The first-order chi connectivity index (χ1) is 16.5. The summed E-state index contributed by atoms with van der Waals surface area (Å²) >= 11 is 0. The van der Waals surface area contributed by atoms with E-state index in [1.807, 2.05) is 68.4 Å². The maximum Gasteiger partial charge on any atom is 0.260 e. The number of allylic oxidation sites excluding steroid dienone is 1. The number of fused-ring (bicyclic) bond motifs is 1. The number of hydrogen-bond acceptors (Lipinski definition) is 5. The van der Waals surface area contributed by atoms with Gasteiger partial charge in [0.05, 0.1) is 11.3 Å². The van der Waals surface area contributed by atoms with Crippen LogP contribution in [0.3, 0.4) is 0 Å². The van der Waals surface area contributed by atoms with Gasteiger partial charge >= 0.3 is 0 Å². The monoisotopic (exact) mass is 447 g/mol. The van der Waals surface area contributed by atoms with Gasteiger partial charge in [0, 0.05) is 40.0 Å². The Morgan fingerprint density at radius 1 is 0.971 bits per heavy atom. The van der Waals surface area contributed by atoms with Gasteiger partial charge in [-0.15, -0.1) is 0 Å². The largest absolute Gasteiger partial charge is 0.361 e. The first-order valence-electron chi connectivity index (χ1n) is 10.8. The maximum absolute atomic E-state index is 13.3. The maximum atomic E-state index is 13.3. The normalized spacial score (nSPS) is 11.4. The second-order valence-corrected chi connectivity index (χ2v) is 8.01.